The number of nitrogens with zero attached hydrogens (tertiary/aromatic N) is 3. The van der Waals surface area contributed by atoms with Crippen molar-refractivity contribution in [3.05, 3.63) is 0 Å². The SMILES string of the molecule is CC.CC.CC.CC.CC.CC(C)(C)OC(=O)N[C@H]1CCOC1O.CCN.CCN(C[C@H](CCO)NC(=O)OC(C)(C)C)C(=O)CCl.CCN1C[C@H](CCO)N(C(=O)OC(C)(C)C)CC1=O.CCNC[C@H](CCO)NC(=O)OC(C)(C)C.Cl.N[C@H]1CCOC1=O.O=C(Cl)CCl.O=CO[O-].[Cs+].[Cs+].[H-]. The quantitative estimate of drug-likeness (QED) is 0.0168. The van der Waals surface area contributed by atoms with E-state index in [1.54, 1.807) is 67.2 Å². The molecule has 600 valence electrons. The van der Waals surface area contributed by atoms with Crippen molar-refractivity contribution in [3.63, 3.8) is 0 Å². The van der Waals surface area contributed by atoms with E-state index in [0.717, 1.165) is 13.1 Å². The van der Waals surface area contributed by atoms with E-state index < -0.39 is 58.3 Å². The first-order chi connectivity index (χ1) is 45.7. The number of halogens is 4. The van der Waals surface area contributed by atoms with Crippen LogP contribution in [0, 0.1) is 0 Å². The summed E-state index contributed by atoms with van der Waals surface area (Å²) in [5, 5.41) is 55.2. The van der Waals surface area contributed by atoms with Crippen molar-refractivity contribution in [2.45, 2.75) is 271 Å². The Kier molecular flexibility index (Phi) is 110. The Labute approximate surface area is 748 Å². The first-order valence-electron chi connectivity index (χ1n) is 33.7. The van der Waals surface area contributed by atoms with Crippen molar-refractivity contribution in [2.24, 2.45) is 11.5 Å². The summed E-state index contributed by atoms with van der Waals surface area (Å²) in [7, 11) is 0. The normalized spacial score (nSPS) is 15.5. The van der Waals surface area contributed by atoms with Crippen LogP contribution < -0.4 is 176 Å². The number of aliphatic hydroxyl groups excluding tert-OH is 4. The molecule has 0 radical (unpaired) electrons. The number of likely N-dealkylation sites (N-methyl/N-ethyl adjacent to an activating group) is 3. The molecular formula is C65H139Cl4Cs2N9O21. The molecule has 3 aliphatic heterocycles. The molecule has 0 saturated carbocycles. The fourth-order valence-corrected chi connectivity index (χ4v) is 6.69. The van der Waals surface area contributed by atoms with Crippen LogP contribution in [0.5, 0.6) is 0 Å². The van der Waals surface area contributed by atoms with Crippen LogP contribution in [0.4, 0.5) is 19.2 Å². The van der Waals surface area contributed by atoms with Crippen LogP contribution >= 0.6 is 47.2 Å². The van der Waals surface area contributed by atoms with Crippen molar-refractivity contribution >= 4 is 101 Å². The van der Waals surface area contributed by atoms with Gasteiger partial charge < -0.3 is 103 Å². The second-order valence-corrected chi connectivity index (χ2v) is 23.7. The summed E-state index contributed by atoms with van der Waals surface area (Å²) in [6, 6.07) is -1.36. The molecule has 1 unspecified atom stereocenters. The summed E-state index contributed by atoms with van der Waals surface area (Å²) in [5.41, 5.74) is 7.85. The van der Waals surface area contributed by atoms with Crippen molar-refractivity contribution in [1.82, 2.24) is 36.0 Å². The number of ether oxygens (including phenoxy) is 6. The fraction of sp³-hybridized carbons (Fsp3) is 0.862. The van der Waals surface area contributed by atoms with Gasteiger partial charge in [-0.3, -0.25) is 28.9 Å². The van der Waals surface area contributed by atoms with E-state index in [2.05, 4.69) is 30.9 Å². The number of amides is 6. The Morgan fingerprint density at radius 1 is 0.713 bits per heavy atom. The molecule has 0 spiro atoms. The molecule has 3 heterocycles. The van der Waals surface area contributed by atoms with Gasteiger partial charge in [-0.05, 0) is 147 Å². The molecule has 0 aromatic carbocycles. The zero-order valence-electron chi connectivity index (χ0n) is 68.0. The van der Waals surface area contributed by atoms with E-state index in [0.29, 0.717) is 78.0 Å². The first kappa shape index (κ1) is 130. The fourth-order valence-electron chi connectivity index (χ4n) is 6.52. The minimum absolute atomic E-state index is 0. The molecule has 0 aromatic rings. The van der Waals surface area contributed by atoms with Crippen LogP contribution in [0.1, 0.15) is 214 Å². The Bertz CT molecular complexity index is 1960. The molecule has 12 N–H and O–H groups in total. The van der Waals surface area contributed by atoms with E-state index in [9.17, 15) is 43.5 Å². The van der Waals surface area contributed by atoms with Gasteiger partial charge in [0.2, 0.25) is 17.1 Å². The van der Waals surface area contributed by atoms with Gasteiger partial charge in [-0.25, -0.2) is 19.2 Å². The minimum Gasteiger partial charge on any atom is -1.00 e. The van der Waals surface area contributed by atoms with Gasteiger partial charge in [-0.2, -0.15) is 0 Å². The van der Waals surface area contributed by atoms with Crippen molar-refractivity contribution in [2.75, 3.05) is 97.2 Å². The number of carbonyl (C=O) groups excluding carboxylic acids is 9. The van der Waals surface area contributed by atoms with E-state index in [-0.39, 0.29) is 244 Å². The molecule has 0 aliphatic carbocycles. The third-order valence-electron chi connectivity index (χ3n) is 10.2. The molecule has 30 nitrogen and oxygen atoms in total. The smallest absolute Gasteiger partial charge is 1.00 e. The first-order valence-corrected chi connectivity index (χ1v) is 35.2. The third kappa shape index (κ3) is 91.8. The van der Waals surface area contributed by atoms with Crippen LogP contribution in [-0.2, 0) is 57.3 Å². The maximum atomic E-state index is 12.1. The van der Waals surface area contributed by atoms with Crippen molar-refractivity contribution in [3.8, 4) is 0 Å². The van der Waals surface area contributed by atoms with Crippen LogP contribution in [0.25, 0.3) is 0 Å². The molecule has 3 saturated heterocycles. The number of rotatable bonds is 19. The molecular weight excluding hydrogens is 1650 g/mol. The average molecular weight is 1790 g/mol. The predicted molar refractivity (Wildman–Crippen MR) is 394 cm³/mol. The van der Waals surface area contributed by atoms with Crippen LogP contribution in [0.15, 0.2) is 0 Å². The van der Waals surface area contributed by atoms with E-state index >= 15 is 0 Å². The summed E-state index contributed by atoms with van der Waals surface area (Å²) >= 11 is 15.1. The zero-order valence-corrected chi connectivity index (χ0v) is 82.6. The number of hydrogen-bond acceptors (Lipinski definition) is 24. The van der Waals surface area contributed by atoms with Crippen molar-refractivity contribution in [1.29, 1.82) is 0 Å². The van der Waals surface area contributed by atoms with Gasteiger partial charge in [-0.15, -0.1) is 35.6 Å². The minimum atomic E-state index is -0.914. The molecule has 3 fully saturated rings. The maximum absolute atomic E-state index is 12.1. The van der Waals surface area contributed by atoms with E-state index in [1.165, 1.54) is 9.80 Å². The summed E-state index contributed by atoms with van der Waals surface area (Å²) < 4.78 is 30.0. The summed E-state index contributed by atoms with van der Waals surface area (Å²) in [5.74, 6) is -0.751. The molecule has 6 atom stereocenters. The largest absolute Gasteiger partial charge is 1.00 e. The van der Waals surface area contributed by atoms with Gasteiger partial charge in [0, 0.05) is 65.0 Å². The number of aliphatic hydroxyl groups is 4. The van der Waals surface area contributed by atoms with Gasteiger partial charge in [0.1, 0.15) is 40.9 Å². The Balaban J connectivity index is -0.0000000741. The number of hydrogen-bond donors (Lipinski definition) is 10. The summed E-state index contributed by atoms with van der Waals surface area (Å²) in [4.78, 5) is 106. The van der Waals surface area contributed by atoms with Gasteiger partial charge in [-0.1, -0.05) is 83.1 Å². The third-order valence-corrected chi connectivity index (χ3v) is 11.0. The molecule has 0 aromatic heterocycles. The standard InChI is InChI=1S/C13H25ClN2O4.C13H24N2O4.C11H24N2O3.C9H17NO4.C4H7NO2.C2H2Cl2O.C2H7N.5C2H6.CH2O3.ClH.2Cs.H/c1-5-16(11(18)8-14)9-10(6-7-17)15-12(19)20-13(2,3)4;1-5-14-8-10(6-7-16)15(9-11(14)17)12(18)19-13(2,3)4;1-5-12-8-9(6-7-14)13-10(15)16-11(2,3)4;1-9(2,3)14-8(12)10-6-4-5-13-7(6)11;5-3-1-2-7-4(3)6;3-1-2(4)5;1-2-3;5*1-2;2-1-4-3;;;;/h10,17H,5-9H2,1-4H3,(H,15,19);10,16H,5-9H2,1-4H3;9,12,14H,5-8H2,1-4H3,(H,13,15);6-7,11H,4-5H2,1-3H3,(H,10,12);3H,1-2,5H2;1H2;2-3H2,1H3;5*1-2H3;1,3H;1H;;;/q;;;;;;;;;;;;;;2*+1;-1/p-1/t2*10-;9-;6-,7?;3-;;;;;;;;;;;;/m00000............/s1. The number of nitrogens with one attached hydrogen (secondary N) is 4. The number of alkyl carbamates (subject to hydrolysis) is 3. The molecule has 3 aliphatic rings. The second kappa shape index (κ2) is 85.1. The monoisotopic (exact) mass is 1790 g/mol. The van der Waals surface area contributed by atoms with Crippen LogP contribution in [0.3, 0.4) is 0 Å². The molecule has 6 amide bonds. The second-order valence-electron chi connectivity index (χ2n) is 22.7. The zero-order chi connectivity index (χ0) is 79.4. The van der Waals surface area contributed by atoms with Gasteiger partial charge in [0.05, 0.1) is 37.2 Å². The molecule has 0 bridgehead atoms. The molecule has 101 heavy (non-hydrogen) atoms. The number of piperazine rings is 1. The number of alkyl halides is 2. The van der Waals surface area contributed by atoms with Crippen molar-refractivity contribution < 1.29 is 241 Å². The summed E-state index contributed by atoms with van der Waals surface area (Å²) in [6.45, 7) is 53.9. The number of cyclic esters (lactones) is 1. The maximum Gasteiger partial charge on any atom is 1.00 e. The van der Waals surface area contributed by atoms with Gasteiger partial charge in [0.25, 0.3) is 6.47 Å². The van der Waals surface area contributed by atoms with E-state index in [4.69, 9.17) is 95.3 Å². The van der Waals surface area contributed by atoms with Gasteiger partial charge >= 0.3 is 168 Å². The topological polar surface area (TPSA) is 432 Å². The number of esters is 1. The van der Waals surface area contributed by atoms with Crippen LogP contribution in [0.2, 0.25) is 0 Å². The summed E-state index contributed by atoms with van der Waals surface area (Å²) in [6.07, 6.45) is -0.335. The number of nitrogens with two attached hydrogens (primary N) is 2. The molecule has 36 heteroatoms. The Morgan fingerprint density at radius 3 is 1.41 bits per heavy atom. The Morgan fingerprint density at radius 2 is 1.12 bits per heavy atom. The van der Waals surface area contributed by atoms with Gasteiger partial charge in [0.15, 0.2) is 6.29 Å². The average Bonchev–Trinajstić information content (AvgIpc) is 1.76. The Hall–Kier alpha value is -0.466. The molecule has 3 rings (SSSR count). The predicted octanol–water partition coefficient (Wildman–Crippen LogP) is 2.00. The van der Waals surface area contributed by atoms with Crippen LogP contribution in [-0.4, -0.2) is 245 Å². The van der Waals surface area contributed by atoms with E-state index in [1.807, 2.05) is 118 Å². The number of carbonyl (C=O) groups is 9.